The molecule has 8 nitrogen and oxygen atoms in total. The van der Waals surface area contributed by atoms with Crippen LogP contribution in [0.4, 0.5) is 17.1 Å². The molecule has 0 aliphatic carbocycles. The summed E-state index contributed by atoms with van der Waals surface area (Å²) in [5, 5.41) is 4.81. The van der Waals surface area contributed by atoms with Crippen molar-refractivity contribution in [2.24, 2.45) is 5.84 Å². The summed E-state index contributed by atoms with van der Waals surface area (Å²) >= 11 is 1.60. The molecular weight excluding hydrogens is 460 g/mol. The summed E-state index contributed by atoms with van der Waals surface area (Å²) in [6, 6.07) is 16.5. The average molecular weight is 485 g/mol. The van der Waals surface area contributed by atoms with Gasteiger partial charge in [0.15, 0.2) is 0 Å². The molecule has 0 amide bonds. The normalized spacial score (nSPS) is 11.2. The van der Waals surface area contributed by atoms with Crippen molar-refractivity contribution in [3.63, 3.8) is 0 Å². The van der Waals surface area contributed by atoms with E-state index >= 15 is 0 Å². The first kappa shape index (κ1) is 22.6. The van der Waals surface area contributed by atoms with E-state index in [-0.39, 0.29) is 5.69 Å². The predicted octanol–water partition coefficient (Wildman–Crippen LogP) is 3.87. The lowest BCUT2D eigenvalue weighted by atomic mass is 10.1. The molecule has 0 saturated carbocycles. The van der Waals surface area contributed by atoms with Gasteiger partial charge in [-0.3, -0.25) is 19.4 Å². The number of nitrogen functional groups attached to an aromatic ring is 1. The van der Waals surface area contributed by atoms with E-state index in [1.807, 2.05) is 42.6 Å². The summed E-state index contributed by atoms with van der Waals surface area (Å²) < 4.78 is 2.72. The maximum absolute atomic E-state index is 14.0. The summed E-state index contributed by atoms with van der Waals surface area (Å²) in [5.74, 6) is 6.51. The van der Waals surface area contributed by atoms with Crippen molar-refractivity contribution in [2.45, 2.75) is 20.4 Å². The molecule has 176 valence electrons. The first-order valence-corrected chi connectivity index (χ1v) is 11.9. The second-order valence-corrected chi connectivity index (χ2v) is 9.43. The molecule has 2 aromatic carbocycles. The number of nitrogens with two attached hydrogens (primary N) is 2. The fraction of sp³-hybridized carbons (Fsp3) is 0.115. The summed E-state index contributed by atoms with van der Waals surface area (Å²) in [5.41, 5.74) is 7.99. The SMILES string of the molecule is Cc1cc(Cn2c(C)c(N(N)c3ccccc3N)c(=O)n(-c3cncc4ccccc34)c2=O)cs1. The lowest BCUT2D eigenvalue weighted by Gasteiger charge is -2.25. The van der Waals surface area contributed by atoms with Crippen LogP contribution in [0.3, 0.4) is 0 Å². The van der Waals surface area contributed by atoms with Gasteiger partial charge in [-0.25, -0.2) is 15.2 Å². The van der Waals surface area contributed by atoms with Gasteiger partial charge >= 0.3 is 5.69 Å². The van der Waals surface area contributed by atoms with Gasteiger partial charge in [0, 0.05) is 21.8 Å². The molecule has 3 heterocycles. The first-order chi connectivity index (χ1) is 16.9. The minimum absolute atomic E-state index is 0.155. The Hall–Kier alpha value is -4.21. The van der Waals surface area contributed by atoms with Gasteiger partial charge in [0.1, 0.15) is 5.69 Å². The number of aromatic nitrogens is 3. The monoisotopic (exact) mass is 484 g/mol. The molecule has 0 spiro atoms. The number of para-hydroxylation sites is 2. The van der Waals surface area contributed by atoms with Crippen molar-refractivity contribution < 1.29 is 0 Å². The molecule has 0 fully saturated rings. The van der Waals surface area contributed by atoms with Crippen LogP contribution >= 0.6 is 11.3 Å². The Balaban J connectivity index is 1.84. The molecule has 3 aromatic heterocycles. The third-order valence-electron chi connectivity index (χ3n) is 6.03. The quantitative estimate of drug-likeness (QED) is 0.223. The zero-order valence-electron chi connectivity index (χ0n) is 19.3. The Labute approximate surface area is 205 Å². The number of anilines is 3. The van der Waals surface area contributed by atoms with Crippen LogP contribution in [0, 0.1) is 13.8 Å². The van der Waals surface area contributed by atoms with E-state index in [0.29, 0.717) is 29.3 Å². The van der Waals surface area contributed by atoms with Gasteiger partial charge in [-0.05, 0) is 43.0 Å². The van der Waals surface area contributed by atoms with Crippen LogP contribution in [0.5, 0.6) is 0 Å². The molecule has 5 aromatic rings. The molecule has 9 heteroatoms. The third-order valence-corrected chi connectivity index (χ3v) is 6.94. The molecule has 0 unspecified atom stereocenters. The van der Waals surface area contributed by atoms with E-state index in [4.69, 9.17) is 11.6 Å². The van der Waals surface area contributed by atoms with E-state index in [2.05, 4.69) is 4.98 Å². The van der Waals surface area contributed by atoms with Gasteiger partial charge < -0.3 is 5.73 Å². The maximum atomic E-state index is 14.0. The minimum atomic E-state index is -0.547. The Kier molecular flexibility index (Phi) is 5.72. The number of nitrogens with zero attached hydrogens (tertiary/aromatic N) is 4. The van der Waals surface area contributed by atoms with Crippen molar-refractivity contribution in [3.05, 3.63) is 109 Å². The molecular formula is C26H24N6O2S. The highest BCUT2D eigenvalue weighted by atomic mass is 32.1. The minimum Gasteiger partial charge on any atom is -0.397 e. The van der Waals surface area contributed by atoms with Gasteiger partial charge in [-0.1, -0.05) is 36.4 Å². The van der Waals surface area contributed by atoms with Crippen molar-refractivity contribution in [1.82, 2.24) is 14.1 Å². The molecule has 0 atom stereocenters. The zero-order valence-corrected chi connectivity index (χ0v) is 20.1. The molecule has 0 radical (unpaired) electrons. The van der Waals surface area contributed by atoms with E-state index in [0.717, 1.165) is 25.8 Å². The standard InChI is InChI=1S/C26H24N6O2S/c1-16-11-18(15-35-16)14-30-17(2)24(32(28)22-10-6-5-9-21(22)27)25(33)31(26(30)34)23-13-29-12-19-7-3-4-8-20(19)23/h3-13,15H,14,27-28H2,1-2H3. The topological polar surface area (TPSA) is 112 Å². The van der Waals surface area contributed by atoms with Gasteiger partial charge in [-0.15, -0.1) is 11.3 Å². The van der Waals surface area contributed by atoms with Crippen molar-refractivity contribution >= 4 is 39.2 Å². The molecule has 0 aliphatic rings. The molecule has 4 N–H and O–H groups in total. The number of thiophene rings is 1. The highest BCUT2D eigenvalue weighted by Crippen LogP contribution is 2.28. The zero-order chi connectivity index (χ0) is 24.7. The Morgan fingerprint density at radius 3 is 2.51 bits per heavy atom. The lowest BCUT2D eigenvalue weighted by Crippen LogP contribution is -2.45. The number of rotatable bonds is 5. The van der Waals surface area contributed by atoms with Gasteiger partial charge in [0.25, 0.3) is 5.56 Å². The van der Waals surface area contributed by atoms with E-state index in [1.165, 1.54) is 11.2 Å². The second kappa shape index (κ2) is 8.86. The smallest absolute Gasteiger partial charge is 0.336 e. The highest BCUT2D eigenvalue weighted by Gasteiger charge is 2.24. The molecule has 0 saturated heterocycles. The molecule has 5 rings (SSSR count). The van der Waals surface area contributed by atoms with Gasteiger partial charge in [0.05, 0.1) is 35.5 Å². The fourth-order valence-corrected chi connectivity index (χ4v) is 4.98. The predicted molar refractivity (Wildman–Crippen MR) is 142 cm³/mol. The van der Waals surface area contributed by atoms with E-state index < -0.39 is 11.2 Å². The second-order valence-electron chi connectivity index (χ2n) is 8.32. The van der Waals surface area contributed by atoms with E-state index in [1.54, 1.807) is 53.3 Å². The fourth-order valence-electron chi connectivity index (χ4n) is 4.28. The van der Waals surface area contributed by atoms with Crippen LogP contribution in [0.1, 0.15) is 16.1 Å². The van der Waals surface area contributed by atoms with Crippen LogP contribution in [-0.4, -0.2) is 14.1 Å². The number of benzene rings is 2. The number of hydrazine groups is 1. The largest absolute Gasteiger partial charge is 0.397 e. The summed E-state index contributed by atoms with van der Waals surface area (Å²) in [6.45, 7) is 4.03. The van der Waals surface area contributed by atoms with Crippen LogP contribution < -0.4 is 27.8 Å². The Bertz CT molecular complexity index is 1680. The van der Waals surface area contributed by atoms with Crippen molar-refractivity contribution in [2.75, 3.05) is 10.7 Å². The third kappa shape index (κ3) is 3.90. The average Bonchev–Trinajstić information content (AvgIpc) is 3.27. The van der Waals surface area contributed by atoms with Crippen LogP contribution in [0.15, 0.2) is 82.0 Å². The summed E-state index contributed by atoms with van der Waals surface area (Å²) in [6.07, 6.45) is 3.23. The van der Waals surface area contributed by atoms with Gasteiger partial charge in [-0.2, -0.15) is 0 Å². The lowest BCUT2D eigenvalue weighted by molar-refractivity contribution is 0.658. The number of aryl methyl sites for hydroxylation is 1. The maximum Gasteiger partial charge on any atom is 0.336 e. The number of fused-ring (bicyclic) bond motifs is 1. The van der Waals surface area contributed by atoms with Crippen LogP contribution in [-0.2, 0) is 6.54 Å². The van der Waals surface area contributed by atoms with Crippen molar-refractivity contribution in [3.8, 4) is 5.69 Å². The molecule has 35 heavy (non-hydrogen) atoms. The number of pyridine rings is 1. The van der Waals surface area contributed by atoms with Crippen LogP contribution in [0.25, 0.3) is 16.5 Å². The molecule has 0 aliphatic heterocycles. The number of hydrogen-bond donors (Lipinski definition) is 2. The number of hydrogen-bond acceptors (Lipinski definition) is 7. The Morgan fingerprint density at radius 2 is 1.77 bits per heavy atom. The summed E-state index contributed by atoms with van der Waals surface area (Å²) in [7, 11) is 0. The van der Waals surface area contributed by atoms with Crippen molar-refractivity contribution in [1.29, 1.82) is 0 Å². The highest BCUT2D eigenvalue weighted by molar-refractivity contribution is 7.10. The van der Waals surface area contributed by atoms with Gasteiger partial charge in [0.2, 0.25) is 0 Å². The molecule has 0 bridgehead atoms. The Morgan fingerprint density at radius 1 is 1.03 bits per heavy atom. The first-order valence-electron chi connectivity index (χ1n) is 11.0. The summed E-state index contributed by atoms with van der Waals surface area (Å²) in [4.78, 5) is 33.2. The van der Waals surface area contributed by atoms with Crippen LogP contribution in [0.2, 0.25) is 0 Å². The van der Waals surface area contributed by atoms with E-state index in [9.17, 15) is 9.59 Å².